The lowest BCUT2D eigenvalue weighted by Crippen LogP contribution is -2.17. The van der Waals surface area contributed by atoms with Gasteiger partial charge in [0, 0.05) is 11.9 Å². The highest BCUT2D eigenvalue weighted by atomic mass is 16.1. The van der Waals surface area contributed by atoms with Gasteiger partial charge in [-0.1, -0.05) is 36.4 Å². The Morgan fingerprint density at radius 2 is 1.82 bits per heavy atom. The molecule has 5 heteroatoms. The molecule has 1 N–H and O–H groups in total. The Morgan fingerprint density at radius 3 is 2.57 bits per heavy atom. The minimum absolute atomic E-state index is 0.0687. The second-order valence-corrected chi connectivity index (χ2v) is 6.85. The maximum atomic E-state index is 13.1. The van der Waals surface area contributed by atoms with Crippen molar-refractivity contribution < 1.29 is 0 Å². The van der Waals surface area contributed by atoms with Crippen molar-refractivity contribution in [2.75, 3.05) is 0 Å². The van der Waals surface area contributed by atoms with E-state index in [9.17, 15) is 4.79 Å². The van der Waals surface area contributed by atoms with Gasteiger partial charge in [-0.3, -0.25) is 9.89 Å². The molecule has 5 nitrogen and oxygen atoms in total. The summed E-state index contributed by atoms with van der Waals surface area (Å²) in [6, 6.07) is 21.4. The number of nitrogens with one attached hydrogen (secondary N) is 1. The van der Waals surface area contributed by atoms with E-state index in [1.54, 1.807) is 6.20 Å². The van der Waals surface area contributed by atoms with Crippen LogP contribution >= 0.6 is 0 Å². The van der Waals surface area contributed by atoms with Crippen LogP contribution in [0.25, 0.3) is 28.1 Å². The molecule has 0 saturated heterocycles. The first-order valence-electron chi connectivity index (χ1n) is 9.14. The second-order valence-electron chi connectivity index (χ2n) is 6.85. The predicted molar refractivity (Wildman–Crippen MR) is 107 cm³/mol. The van der Waals surface area contributed by atoms with Gasteiger partial charge in [-0.15, -0.1) is 0 Å². The van der Waals surface area contributed by atoms with E-state index >= 15 is 0 Å². The predicted octanol–water partition coefficient (Wildman–Crippen LogP) is 3.86. The van der Waals surface area contributed by atoms with Gasteiger partial charge in [0.05, 0.1) is 17.2 Å². The average molecular weight is 364 g/mol. The number of rotatable bonds is 2. The van der Waals surface area contributed by atoms with Gasteiger partial charge in [0.15, 0.2) is 5.82 Å². The minimum atomic E-state index is -0.0687. The summed E-state index contributed by atoms with van der Waals surface area (Å²) in [5.74, 6) is 0.595. The number of aromatic nitrogens is 3. The molecular weight excluding hydrogens is 348 g/mol. The highest BCUT2D eigenvalue weighted by Crippen LogP contribution is 2.33. The number of nitrogens with zero attached hydrogens (tertiary/aromatic N) is 3. The average Bonchev–Trinajstić information content (AvgIpc) is 3.11. The van der Waals surface area contributed by atoms with Crippen LogP contribution in [0, 0.1) is 11.3 Å². The molecule has 0 bridgehead atoms. The van der Waals surface area contributed by atoms with E-state index in [2.05, 4.69) is 22.2 Å². The number of aromatic amines is 1. The summed E-state index contributed by atoms with van der Waals surface area (Å²) in [6.45, 7) is 0. The first kappa shape index (κ1) is 16.3. The number of hydrogen-bond acceptors (Lipinski definition) is 3. The molecule has 2 aromatic heterocycles. The van der Waals surface area contributed by atoms with E-state index in [4.69, 9.17) is 5.26 Å². The third-order valence-corrected chi connectivity index (χ3v) is 5.21. The Morgan fingerprint density at radius 1 is 1.00 bits per heavy atom. The Bertz CT molecular complexity index is 1280. The lowest BCUT2D eigenvalue weighted by atomic mass is 9.87. The van der Waals surface area contributed by atoms with Crippen LogP contribution in [0.3, 0.4) is 0 Å². The topological polar surface area (TPSA) is 74.5 Å². The molecule has 28 heavy (non-hydrogen) atoms. The van der Waals surface area contributed by atoms with Crippen molar-refractivity contribution in [2.24, 2.45) is 0 Å². The van der Waals surface area contributed by atoms with Crippen LogP contribution in [0.4, 0.5) is 0 Å². The van der Waals surface area contributed by atoms with Crippen LogP contribution in [0.5, 0.6) is 0 Å². The highest BCUT2D eigenvalue weighted by molar-refractivity contribution is 5.76. The molecule has 2 heterocycles. The molecule has 2 aromatic carbocycles. The summed E-state index contributed by atoms with van der Waals surface area (Å²) < 4.78 is 1.52. The zero-order valence-electron chi connectivity index (χ0n) is 15.0. The van der Waals surface area contributed by atoms with Crippen LogP contribution in [0.1, 0.15) is 16.8 Å². The first-order valence-corrected chi connectivity index (χ1v) is 9.14. The molecule has 134 valence electrons. The van der Waals surface area contributed by atoms with Gasteiger partial charge in [-0.25, -0.2) is 9.67 Å². The largest absolute Gasteiger partial charge is 0.293 e. The summed E-state index contributed by atoms with van der Waals surface area (Å²) in [5, 5.41) is 12.2. The summed E-state index contributed by atoms with van der Waals surface area (Å²) in [4.78, 5) is 17.3. The number of H-pyrrole nitrogens is 1. The maximum Gasteiger partial charge on any atom is 0.280 e. The Hall–Kier alpha value is -3.91. The molecular formula is C23H16N4O. The fraction of sp³-hybridized carbons (Fsp3) is 0.0870. The number of pyridine rings is 1. The molecule has 0 radical (unpaired) electrons. The molecule has 0 unspecified atom stereocenters. The quantitative estimate of drug-likeness (QED) is 0.587. The van der Waals surface area contributed by atoms with E-state index < -0.39 is 0 Å². The lowest BCUT2D eigenvalue weighted by molar-refractivity contribution is 0.781. The second kappa shape index (κ2) is 6.36. The van der Waals surface area contributed by atoms with Crippen LogP contribution in [-0.2, 0) is 12.8 Å². The molecule has 0 spiro atoms. The van der Waals surface area contributed by atoms with Crippen molar-refractivity contribution in [3.05, 3.63) is 94.0 Å². The van der Waals surface area contributed by atoms with Crippen LogP contribution in [-0.4, -0.2) is 14.8 Å². The zero-order valence-corrected chi connectivity index (χ0v) is 15.0. The van der Waals surface area contributed by atoms with Crippen molar-refractivity contribution in [1.29, 1.82) is 5.26 Å². The molecule has 0 fully saturated rings. The summed E-state index contributed by atoms with van der Waals surface area (Å²) in [6.07, 6.45) is 3.34. The summed E-state index contributed by atoms with van der Waals surface area (Å²) >= 11 is 0. The zero-order chi connectivity index (χ0) is 19.1. The fourth-order valence-electron chi connectivity index (χ4n) is 3.81. The molecule has 0 saturated carbocycles. The SMILES string of the molecule is N#Cc1ccc(-c2ccc3c(c2)CCc2[nH]n(-c4ccccn4)c(=O)c2-3)cc1. The van der Waals surface area contributed by atoms with E-state index in [1.807, 2.05) is 54.6 Å². The number of aryl methyl sites for hydroxylation is 2. The third kappa shape index (κ3) is 2.55. The Kier molecular flexibility index (Phi) is 3.70. The molecule has 0 amide bonds. The molecule has 1 aliphatic rings. The van der Waals surface area contributed by atoms with Gasteiger partial charge in [0.2, 0.25) is 0 Å². The van der Waals surface area contributed by atoms with Crippen molar-refractivity contribution >= 4 is 0 Å². The normalized spacial score (nSPS) is 12.1. The van der Waals surface area contributed by atoms with Gasteiger partial charge in [-0.05, 0) is 59.4 Å². The van der Waals surface area contributed by atoms with Gasteiger partial charge in [0.1, 0.15) is 0 Å². The lowest BCUT2D eigenvalue weighted by Gasteiger charge is -2.16. The van der Waals surface area contributed by atoms with Crippen molar-refractivity contribution in [2.45, 2.75) is 12.8 Å². The highest BCUT2D eigenvalue weighted by Gasteiger charge is 2.24. The molecule has 1 aliphatic carbocycles. The minimum Gasteiger partial charge on any atom is -0.293 e. The van der Waals surface area contributed by atoms with Crippen molar-refractivity contribution in [3.63, 3.8) is 0 Å². The molecule has 5 rings (SSSR count). The molecule has 4 aromatic rings. The number of hydrogen-bond donors (Lipinski definition) is 1. The van der Waals surface area contributed by atoms with Crippen molar-refractivity contribution in [1.82, 2.24) is 14.8 Å². The summed E-state index contributed by atoms with van der Waals surface area (Å²) in [7, 11) is 0. The van der Waals surface area contributed by atoms with E-state index in [1.165, 1.54) is 10.2 Å². The van der Waals surface area contributed by atoms with E-state index in [-0.39, 0.29) is 5.56 Å². The number of nitriles is 1. The standard InChI is InChI=1S/C23H16N4O/c24-14-15-4-6-16(7-5-15)17-8-10-19-18(13-17)9-11-20-22(19)23(28)27(26-20)21-3-1-2-12-25-21/h1-8,10,12-13,26H,9,11H2. The Balaban J connectivity index is 1.60. The van der Waals surface area contributed by atoms with Crippen LogP contribution in [0.2, 0.25) is 0 Å². The van der Waals surface area contributed by atoms with Gasteiger partial charge in [0.25, 0.3) is 5.56 Å². The van der Waals surface area contributed by atoms with Crippen LogP contribution < -0.4 is 5.56 Å². The number of fused-ring (bicyclic) bond motifs is 3. The molecule has 0 aliphatic heterocycles. The third-order valence-electron chi connectivity index (χ3n) is 5.21. The van der Waals surface area contributed by atoms with Gasteiger partial charge in [-0.2, -0.15) is 5.26 Å². The van der Waals surface area contributed by atoms with Crippen LogP contribution in [0.15, 0.2) is 71.7 Å². The molecule has 0 atom stereocenters. The first-order chi connectivity index (χ1) is 13.7. The van der Waals surface area contributed by atoms with Gasteiger partial charge < -0.3 is 0 Å². The smallest absolute Gasteiger partial charge is 0.280 e. The van der Waals surface area contributed by atoms with Gasteiger partial charge >= 0.3 is 0 Å². The van der Waals surface area contributed by atoms with E-state index in [0.29, 0.717) is 11.4 Å². The maximum absolute atomic E-state index is 13.1. The monoisotopic (exact) mass is 364 g/mol. The Labute approximate surface area is 161 Å². The number of benzene rings is 2. The van der Waals surface area contributed by atoms with E-state index in [0.717, 1.165) is 40.8 Å². The summed E-state index contributed by atoms with van der Waals surface area (Å²) in [5.41, 5.74) is 6.56. The van der Waals surface area contributed by atoms with Crippen molar-refractivity contribution in [3.8, 4) is 34.1 Å². The fourth-order valence-corrected chi connectivity index (χ4v) is 3.81.